The predicted octanol–water partition coefficient (Wildman–Crippen LogP) is 0.682. The number of carbonyl (C=O) groups excluding carboxylic acids is 1. The number of carbonyl (C=O) groups is 1. The Hall–Kier alpha value is -1.21. The van der Waals surface area contributed by atoms with Crippen molar-refractivity contribution in [3.63, 3.8) is 0 Å². The maximum Gasteiger partial charge on any atom is 0.262 e. The maximum absolute atomic E-state index is 13.3. The first-order valence-corrected chi connectivity index (χ1v) is 6.26. The minimum Gasteiger partial charge on any atom is -0.394 e. The van der Waals surface area contributed by atoms with Gasteiger partial charge in [-0.3, -0.25) is 9.59 Å². The number of nitrogens with zero attached hydrogens (tertiary/aromatic N) is 1. The average molecular weight is 319 g/mol. The van der Waals surface area contributed by atoms with E-state index in [4.69, 9.17) is 5.11 Å². The Labute approximate surface area is 111 Å². The van der Waals surface area contributed by atoms with Crippen LogP contribution in [0.2, 0.25) is 0 Å². The van der Waals surface area contributed by atoms with Gasteiger partial charge in [-0.1, -0.05) is 0 Å². The molecule has 0 radical (unpaired) electrons. The number of amides is 1. The van der Waals surface area contributed by atoms with Gasteiger partial charge in [0.25, 0.3) is 11.5 Å². The summed E-state index contributed by atoms with van der Waals surface area (Å²) in [5, 5.41) is 9.12. The number of aromatic amines is 1. The molecule has 0 aliphatic carbocycles. The van der Waals surface area contributed by atoms with E-state index in [1.165, 1.54) is 17.2 Å². The lowest BCUT2D eigenvalue weighted by Gasteiger charge is -2.22. The standard InChI is InChI=1S/C11H12BrFN2O3/c12-9-1-6(3-14-10(9)17)11(18)15-4-7(13)2-8(15)5-16/h1,3,7-8,16H,2,4-5H2,(H,14,17)/t7-,8-/m0/s1. The number of aromatic nitrogens is 1. The number of pyridine rings is 1. The van der Waals surface area contributed by atoms with Crippen LogP contribution in [0.3, 0.4) is 0 Å². The first kappa shape index (κ1) is 13.2. The number of likely N-dealkylation sites (tertiary alicyclic amines) is 1. The molecule has 1 fully saturated rings. The van der Waals surface area contributed by atoms with Gasteiger partial charge >= 0.3 is 0 Å². The number of H-pyrrole nitrogens is 1. The van der Waals surface area contributed by atoms with E-state index in [1.54, 1.807) is 0 Å². The molecule has 18 heavy (non-hydrogen) atoms. The van der Waals surface area contributed by atoms with Gasteiger partial charge in [0.05, 0.1) is 29.2 Å². The highest BCUT2D eigenvalue weighted by Crippen LogP contribution is 2.22. The smallest absolute Gasteiger partial charge is 0.262 e. The van der Waals surface area contributed by atoms with Crippen LogP contribution in [0.25, 0.3) is 0 Å². The normalized spacial score (nSPS) is 23.4. The monoisotopic (exact) mass is 318 g/mol. The second kappa shape index (κ2) is 5.19. The van der Waals surface area contributed by atoms with E-state index in [0.717, 1.165) is 0 Å². The van der Waals surface area contributed by atoms with E-state index in [0.29, 0.717) is 0 Å². The molecule has 2 rings (SSSR count). The fourth-order valence-electron chi connectivity index (χ4n) is 2.03. The van der Waals surface area contributed by atoms with E-state index in [1.807, 2.05) is 0 Å². The second-order valence-corrected chi connectivity index (χ2v) is 5.05. The zero-order valence-corrected chi connectivity index (χ0v) is 11.0. The molecule has 7 heteroatoms. The third-order valence-corrected chi connectivity index (χ3v) is 3.53. The van der Waals surface area contributed by atoms with Crippen molar-refractivity contribution >= 4 is 21.8 Å². The summed E-state index contributed by atoms with van der Waals surface area (Å²) >= 11 is 3.03. The third-order valence-electron chi connectivity index (χ3n) is 2.94. The zero-order chi connectivity index (χ0) is 13.3. The molecule has 1 aliphatic heterocycles. The fourth-order valence-corrected chi connectivity index (χ4v) is 2.39. The molecule has 0 aromatic carbocycles. The number of nitrogens with one attached hydrogen (secondary N) is 1. The molecule has 5 nitrogen and oxygen atoms in total. The number of alkyl halides is 1. The Morgan fingerprint density at radius 1 is 1.67 bits per heavy atom. The third kappa shape index (κ3) is 2.46. The molecular weight excluding hydrogens is 307 g/mol. The summed E-state index contributed by atoms with van der Waals surface area (Å²) in [6.45, 7) is -0.294. The Bertz CT molecular complexity index is 519. The number of halogens is 2. The minimum atomic E-state index is -1.11. The summed E-state index contributed by atoms with van der Waals surface area (Å²) in [4.78, 5) is 27.0. The first-order valence-electron chi connectivity index (χ1n) is 5.47. The van der Waals surface area contributed by atoms with Gasteiger partial charge in [0.1, 0.15) is 6.17 Å². The molecule has 2 N–H and O–H groups in total. The van der Waals surface area contributed by atoms with E-state index in [9.17, 15) is 14.0 Å². The van der Waals surface area contributed by atoms with Crippen LogP contribution in [0.5, 0.6) is 0 Å². The average Bonchev–Trinajstić information content (AvgIpc) is 2.73. The topological polar surface area (TPSA) is 73.4 Å². The van der Waals surface area contributed by atoms with Crippen molar-refractivity contribution in [3.05, 3.63) is 32.7 Å². The highest BCUT2D eigenvalue weighted by Gasteiger charge is 2.35. The lowest BCUT2D eigenvalue weighted by molar-refractivity contribution is 0.0672. The van der Waals surface area contributed by atoms with Crippen molar-refractivity contribution in [3.8, 4) is 0 Å². The van der Waals surface area contributed by atoms with Gasteiger partial charge in [0.2, 0.25) is 0 Å². The van der Waals surface area contributed by atoms with Crippen molar-refractivity contribution in [2.24, 2.45) is 0 Å². The van der Waals surface area contributed by atoms with Crippen LogP contribution in [0.15, 0.2) is 21.5 Å². The Morgan fingerprint density at radius 3 is 3.00 bits per heavy atom. The minimum absolute atomic E-state index is 0.0270. The molecule has 0 bridgehead atoms. The number of hydrogen-bond donors (Lipinski definition) is 2. The quantitative estimate of drug-likeness (QED) is 0.842. The number of aliphatic hydroxyl groups is 1. The zero-order valence-electron chi connectivity index (χ0n) is 9.40. The van der Waals surface area contributed by atoms with E-state index in [2.05, 4.69) is 20.9 Å². The van der Waals surface area contributed by atoms with Gasteiger partial charge < -0.3 is 15.0 Å². The Morgan fingerprint density at radius 2 is 2.39 bits per heavy atom. The molecular formula is C11H12BrFN2O3. The van der Waals surface area contributed by atoms with E-state index in [-0.39, 0.29) is 35.2 Å². The highest BCUT2D eigenvalue weighted by atomic mass is 79.9. The summed E-state index contributed by atoms with van der Waals surface area (Å²) in [5.41, 5.74) is -0.0796. The van der Waals surface area contributed by atoms with Gasteiger partial charge in [0, 0.05) is 12.6 Å². The summed E-state index contributed by atoms with van der Waals surface area (Å²) in [6.07, 6.45) is 0.319. The Kier molecular flexibility index (Phi) is 3.82. The molecule has 2 atom stereocenters. The maximum atomic E-state index is 13.3. The van der Waals surface area contributed by atoms with E-state index < -0.39 is 18.1 Å². The SMILES string of the molecule is O=C(c1c[nH]c(=O)c(Br)c1)N1C[C@@H](F)C[C@H]1CO. The largest absolute Gasteiger partial charge is 0.394 e. The van der Waals surface area contributed by atoms with Crippen LogP contribution in [-0.4, -0.2) is 46.3 Å². The number of aliphatic hydroxyl groups excluding tert-OH is 1. The van der Waals surface area contributed by atoms with Crippen LogP contribution in [0, 0.1) is 0 Å². The summed E-state index contributed by atoms with van der Waals surface area (Å²) in [7, 11) is 0. The van der Waals surface area contributed by atoms with Gasteiger partial charge in [-0.25, -0.2) is 4.39 Å². The lowest BCUT2D eigenvalue weighted by atomic mass is 10.2. The first-order chi connectivity index (χ1) is 8.52. The van der Waals surface area contributed by atoms with Crippen LogP contribution in [-0.2, 0) is 0 Å². The predicted molar refractivity (Wildman–Crippen MR) is 66.2 cm³/mol. The molecule has 1 aliphatic rings. The van der Waals surface area contributed by atoms with Gasteiger partial charge in [-0.05, 0) is 22.0 Å². The highest BCUT2D eigenvalue weighted by molar-refractivity contribution is 9.10. The van der Waals surface area contributed by atoms with Crippen molar-refractivity contribution in [1.82, 2.24) is 9.88 Å². The molecule has 98 valence electrons. The van der Waals surface area contributed by atoms with Crippen LogP contribution in [0.4, 0.5) is 4.39 Å². The molecule has 2 heterocycles. The molecule has 1 saturated heterocycles. The Balaban J connectivity index is 2.25. The van der Waals surface area contributed by atoms with Crippen molar-refractivity contribution in [2.45, 2.75) is 18.6 Å². The molecule has 1 aromatic heterocycles. The van der Waals surface area contributed by atoms with Crippen LogP contribution < -0.4 is 5.56 Å². The van der Waals surface area contributed by atoms with Crippen LogP contribution >= 0.6 is 15.9 Å². The molecule has 0 saturated carbocycles. The van der Waals surface area contributed by atoms with Gasteiger partial charge in [0.15, 0.2) is 0 Å². The van der Waals surface area contributed by atoms with E-state index >= 15 is 0 Å². The molecule has 1 amide bonds. The van der Waals surface area contributed by atoms with Gasteiger partial charge in [-0.15, -0.1) is 0 Å². The second-order valence-electron chi connectivity index (χ2n) is 4.19. The van der Waals surface area contributed by atoms with Crippen LogP contribution in [0.1, 0.15) is 16.8 Å². The molecule has 0 spiro atoms. The van der Waals surface area contributed by atoms with Crippen molar-refractivity contribution in [1.29, 1.82) is 0 Å². The number of rotatable bonds is 2. The summed E-state index contributed by atoms with van der Waals surface area (Å²) < 4.78 is 13.5. The molecule has 1 aromatic rings. The summed E-state index contributed by atoms with van der Waals surface area (Å²) in [6, 6.07) is 0.888. The van der Waals surface area contributed by atoms with Crippen molar-refractivity contribution < 1.29 is 14.3 Å². The number of hydrogen-bond acceptors (Lipinski definition) is 3. The summed E-state index contributed by atoms with van der Waals surface area (Å²) in [5.74, 6) is -0.397. The fraction of sp³-hybridized carbons (Fsp3) is 0.455. The lowest BCUT2D eigenvalue weighted by Crippen LogP contribution is -2.38. The van der Waals surface area contributed by atoms with Crippen molar-refractivity contribution in [2.75, 3.05) is 13.2 Å². The molecule has 0 unspecified atom stereocenters. The van der Waals surface area contributed by atoms with Gasteiger partial charge in [-0.2, -0.15) is 0 Å².